The molecule has 0 amide bonds. The van der Waals surface area contributed by atoms with Gasteiger partial charge in [0.25, 0.3) is 0 Å². The van der Waals surface area contributed by atoms with Gasteiger partial charge in [0.05, 0.1) is 9.79 Å². The van der Waals surface area contributed by atoms with E-state index in [9.17, 15) is 16.8 Å². The van der Waals surface area contributed by atoms with Crippen LogP contribution in [-0.4, -0.2) is 42.1 Å². The lowest BCUT2D eigenvalue weighted by Crippen LogP contribution is -2.09. The average molecular weight is 487 g/mol. The highest BCUT2D eigenvalue weighted by Crippen LogP contribution is 2.36. The van der Waals surface area contributed by atoms with Crippen molar-refractivity contribution in [1.82, 2.24) is 4.98 Å². The van der Waals surface area contributed by atoms with Crippen molar-refractivity contribution in [2.24, 2.45) is 0 Å². The fourth-order valence-electron chi connectivity index (χ4n) is 2.54. The number of ether oxygens (including phenoxy) is 1. The molecular weight excluding hydrogens is 468 g/mol. The fraction of sp³-hybridized carbons (Fsp3) is 0.211. The van der Waals surface area contributed by atoms with Crippen molar-refractivity contribution in [2.75, 3.05) is 25.6 Å². The molecule has 3 aromatic rings. The van der Waals surface area contributed by atoms with E-state index >= 15 is 0 Å². The first-order valence-electron chi connectivity index (χ1n) is 8.81. The number of nitrogens with zero attached hydrogens (tertiary/aromatic N) is 1. The number of rotatable bonds is 9. The molecule has 0 atom stereocenters. The van der Waals surface area contributed by atoms with Crippen molar-refractivity contribution >= 4 is 47.6 Å². The van der Waals surface area contributed by atoms with Gasteiger partial charge in [-0.15, -0.1) is 0 Å². The van der Waals surface area contributed by atoms with Gasteiger partial charge >= 0.3 is 0 Å². The number of thiazole rings is 1. The Hall–Kier alpha value is -1.98. The fourth-order valence-corrected chi connectivity index (χ4v) is 7.01. The molecule has 0 saturated heterocycles. The van der Waals surface area contributed by atoms with E-state index in [4.69, 9.17) is 16.3 Å². The van der Waals surface area contributed by atoms with Gasteiger partial charge in [0.2, 0.25) is 24.0 Å². The van der Waals surface area contributed by atoms with E-state index in [1.54, 1.807) is 25.3 Å². The highest BCUT2D eigenvalue weighted by atomic mass is 35.5. The normalized spacial score (nSPS) is 12.1. The summed E-state index contributed by atoms with van der Waals surface area (Å²) in [7, 11) is -6.47. The molecule has 0 aliphatic heterocycles. The number of anilines is 1. The third-order valence-corrected chi connectivity index (χ3v) is 9.29. The van der Waals surface area contributed by atoms with Gasteiger partial charge in [-0.25, -0.2) is 21.8 Å². The lowest BCUT2D eigenvalue weighted by atomic mass is 10.4. The van der Waals surface area contributed by atoms with E-state index in [-0.39, 0.29) is 24.2 Å². The van der Waals surface area contributed by atoms with E-state index in [0.29, 0.717) is 24.6 Å². The predicted octanol–water partition coefficient (Wildman–Crippen LogP) is 3.91. The molecule has 7 nitrogen and oxygen atoms in total. The second kappa shape index (κ2) is 9.44. The summed E-state index contributed by atoms with van der Waals surface area (Å²) < 4.78 is 57.0. The summed E-state index contributed by atoms with van der Waals surface area (Å²) in [6.07, 6.45) is 0.607. The zero-order chi connectivity index (χ0) is 21.8. The Morgan fingerprint density at radius 1 is 0.967 bits per heavy atom. The van der Waals surface area contributed by atoms with Crippen molar-refractivity contribution in [1.29, 1.82) is 0 Å². The van der Waals surface area contributed by atoms with E-state index in [2.05, 4.69) is 10.3 Å². The number of hydrogen-bond donors (Lipinski definition) is 1. The number of aromatic nitrogens is 1. The molecule has 0 saturated carbocycles. The summed E-state index contributed by atoms with van der Waals surface area (Å²) in [5.41, 5.74) is 0. The molecule has 0 unspecified atom stereocenters. The molecule has 2 aromatic carbocycles. The Balaban J connectivity index is 2.07. The molecule has 1 N–H and O–H groups in total. The SMILES string of the molecule is COCCCNc1sc(S(=O)(=O)c2ccccc2)nc1S(=O)(=O)c1ccc(Cl)cc1. The van der Waals surface area contributed by atoms with Gasteiger partial charge in [-0.1, -0.05) is 41.1 Å². The maximum absolute atomic E-state index is 13.2. The third-order valence-electron chi connectivity index (χ3n) is 4.05. The number of benzene rings is 2. The minimum atomic E-state index is -4.07. The minimum absolute atomic E-state index is 0.0270. The van der Waals surface area contributed by atoms with Crippen LogP contribution >= 0.6 is 22.9 Å². The summed E-state index contributed by atoms with van der Waals surface area (Å²) in [4.78, 5) is 4.06. The Bertz CT molecular complexity index is 1210. The first kappa shape index (κ1) is 22.7. The number of sulfone groups is 2. The van der Waals surface area contributed by atoms with Crippen LogP contribution in [0.25, 0.3) is 0 Å². The van der Waals surface area contributed by atoms with Gasteiger partial charge in [0, 0.05) is 25.3 Å². The largest absolute Gasteiger partial charge is 0.385 e. The molecular formula is C19H19ClN2O5S3. The number of hydrogen-bond acceptors (Lipinski definition) is 8. The van der Waals surface area contributed by atoms with Crippen LogP contribution in [0.4, 0.5) is 5.00 Å². The summed E-state index contributed by atoms with van der Waals surface area (Å²) >= 11 is 6.64. The lowest BCUT2D eigenvalue weighted by Gasteiger charge is -2.07. The van der Waals surface area contributed by atoms with Crippen LogP contribution < -0.4 is 5.32 Å². The molecule has 0 aliphatic carbocycles. The van der Waals surface area contributed by atoms with Gasteiger partial charge in [-0.3, -0.25) is 0 Å². The predicted molar refractivity (Wildman–Crippen MR) is 116 cm³/mol. The van der Waals surface area contributed by atoms with E-state index < -0.39 is 19.7 Å². The number of halogens is 1. The molecule has 0 bridgehead atoms. The first-order chi connectivity index (χ1) is 14.3. The topological polar surface area (TPSA) is 102 Å². The Labute approximate surface area is 184 Å². The molecule has 1 aromatic heterocycles. The lowest BCUT2D eigenvalue weighted by molar-refractivity contribution is 0.198. The van der Waals surface area contributed by atoms with Gasteiger partial charge in [0.1, 0.15) is 5.00 Å². The molecule has 1 heterocycles. The Morgan fingerprint density at radius 3 is 2.23 bits per heavy atom. The maximum atomic E-state index is 13.2. The summed E-state index contributed by atoms with van der Waals surface area (Å²) in [5, 5.41) is 3.20. The highest BCUT2D eigenvalue weighted by molar-refractivity contribution is 7.94. The second-order valence-corrected chi connectivity index (χ2v) is 11.6. The van der Waals surface area contributed by atoms with Crippen LogP contribution in [0, 0.1) is 0 Å². The molecule has 160 valence electrons. The summed E-state index contributed by atoms with van der Waals surface area (Å²) in [6, 6.07) is 13.4. The standard InChI is InChI=1S/C19H19ClN2O5S3/c1-27-13-5-12-21-17-18(29(23,24)16-10-8-14(20)9-11-16)22-19(28-17)30(25,26)15-6-3-2-4-7-15/h2-4,6-11,21H,5,12-13H2,1H3. The van der Waals surface area contributed by atoms with Crippen molar-refractivity contribution in [3.05, 3.63) is 59.6 Å². The highest BCUT2D eigenvalue weighted by Gasteiger charge is 2.31. The van der Waals surface area contributed by atoms with Crippen LogP contribution in [0.5, 0.6) is 0 Å². The van der Waals surface area contributed by atoms with Gasteiger partial charge in [-0.2, -0.15) is 0 Å². The molecule has 0 radical (unpaired) electrons. The molecule has 0 spiro atoms. The summed E-state index contributed by atoms with van der Waals surface area (Å²) in [5.74, 6) is 0. The van der Waals surface area contributed by atoms with Crippen LogP contribution in [0.3, 0.4) is 0 Å². The second-order valence-electron chi connectivity index (χ2n) is 6.16. The van der Waals surface area contributed by atoms with E-state index in [1.807, 2.05) is 0 Å². The van der Waals surface area contributed by atoms with Crippen molar-refractivity contribution in [3.63, 3.8) is 0 Å². The zero-order valence-corrected chi connectivity index (χ0v) is 19.1. The Kier molecular flexibility index (Phi) is 7.14. The molecule has 3 rings (SSSR count). The first-order valence-corrected chi connectivity index (χ1v) is 13.0. The van der Waals surface area contributed by atoms with Crippen LogP contribution in [0.1, 0.15) is 6.42 Å². The molecule has 11 heteroatoms. The van der Waals surface area contributed by atoms with Crippen LogP contribution in [0.15, 0.2) is 73.8 Å². The van der Waals surface area contributed by atoms with Crippen molar-refractivity contribution in [3.8, 4) is 0 Å². The maximum Gasteiger partial charge on any atom is 0.233 e. The molecule has 0 fully saturated rings. The van der Waals surface area contributed by atoms with Crippen LogP contribution in [0.2, 0.25) is 5.02 Å². The minimum Gasteiger partial charge on any atom is -0.385 e. The van der Waals surface area contributed by atoms with Crippen molar-refractivity contribution in [2.45, 2.75) is 25.6 Å². The number of methoxy groups -OCH3 is 1. The third kappa shape index (κ3) is 4.84. The monoisotopic (exact) mass is 486 g/mol. The zero-order valence-electron chi connectivity index (χ0n) is 15.9. The van der Waals surface area contributed by atoms with Gasteiger partial charge < -0.3 is 10.1 Å². The van der Waals surface area contributed by atoms with E-state index in [0.717, 1.165) is 11.3 Å². The molecule has 30 heavy (non-hydrogen) atoms. The number of nitrogens with one attached hydrogen (secondary N) is 1. The smallest absolute Gasteiger partial charge is 0.233 e. The van der Waals surface area contributed by atoms with Gasteiger partial charge in [-0.05, 0) is 42.8 Å². The molecule has 0 aliphatic rings. The Morgan fingerprint density at radius 2 is 1.60 bits per heavy atom. The quantitative estimate of drug-likeness (QED) is 0.457. The van der Waals surface area contributed by atoms with Crippen LogP contribution in [-0.2, 0) is 24.4 Å². The van der Waals surface area contributed by atoms with Crippen molar-refractivity contribution < 1.29 is 21.6 Å². The summed E-state index contributed by atoms with van der Waals surface area (Å²) in [6.45, 7) is 0.865. The van der Waals surface area contributed by atoms with Gasteiger partial charge in [0.15, 0.2) is 5.03 Å². The average Bonchev–Trinajstić information content (AvgIpc) is 3.18. The van der Waals surface area contributed by atoms with E-state index in [1.165, 1.54) is 36.4 Å².